The van der Waals surface area contributed by atoms with Crippen molar-refractivity contribution in [3.05, 3.63) is 12.4 Å². The third kappa shape index (κ3) is 3.01. The molecule has 1 aromatic rings. The van der Waals surface area contributed by atoms with E-state index in [1.807, 2.05) is 0 Å². The maximum absolute atomic E-state index is 12.5. The van der Waals surface area contributed by atoms with E-state index in [-0.39, 0.29) is 17.2 Å². The third-order valence-corrected chi connectivity index (χ3v) is 5.82. The van der Waals surface area contributed by atoms with Crippen molar-refractivity contribution in [3.63, 3.8) is 0 Å². The topological polar surface area (TPSA) is 113 Å². The lowest BCUT2D eigenvalue weighted by Crippen LogP contribution is -2.43. The zero-order chi connectivity index (χ0) is 17.6. The molecule has 0 bridgehead atoms. The number of carbonyl (C=O) groups is 2. The molecule has 25 heavy (non-hydrogen) atoms. The van der Waals surface area contributed by atoms with Crippen molar-refractivity contribution in [2.24, 2.45) is 11.3 Å². The fourth-order valence-corrected chi connectivity index (χ4v) is 4.18. The van der Waals surface area contributed by atoms with Gasteiger partial charge < -0.3 is 20.6 Å². The Morgan fingerprint density at radius 2 is 1.96 bits per heavy atom. The minimum Gasteiger partial charge on any atom is -0.480 e. The van der Waals surface area contributed by atoms with Crippen molar-refractivity contribution in [1.82, 2.24) is 14.9 Å². The molecule has 3 N–H and O–H groups in total. The van der Waals surface area contributed by atoms with E-state index in [0.29, 0.717) is 18.8 Å². The van der Waals surface area contributed by atoms with Gasteiger partial charge in [0, 0.05) is 31.6 Å². The number of carbonyl (C=O) groups excluding carboxylic acids is 1. The van der Waals surface area contributed by atoms with E-state index in [4.69, 9.17) is 5.73 Å². The molecule has 3 heterocycles. The summed E-state index contributed by atoms with van der Waals surface area (Å²) in [5.41, 5.74) is 5.64. The first-order valence-corrected chi connectivity index (χ1v) is 8.83. The van der Waals surface area contributed by atoms with Gasteiger partial charge in [0.25, 0.3) is 0 Å². The number of aromatic nitrogens is 2. The standard InChI is InChI=1S/C17H23N5O3/c18-13-7-14(20-10-19-13)21-5-3-17(4-6-21)8-12(16(24)25)22(9-17)15(23)11-1-2-11/h7,10-12H,1-6,8-9H2,(H,24,25)(H2,18,19,20)/t12-/m1/s1. The summed E-state index contributed by atoms with van der Waals surface area (Å²) in [6.45, 7) is 2.14. The van der Waals surface area contributed by atoms with E-state index in [0.717, 1.165) is 44.6 Å². The number of carboxylic acids is 1. The van der Waals surface area contributed by atoms with Crippen LogP contribution in [0, 0.1) is 11.3 Å². The smallest absolute Gasteiger partial charge is 0.326 e. The first-order chi connectivity index (χ1) is 12.0. The monoisotopic (exact) mass is 345 g/mol. The number of nitrogen functional groups attached to an aromatic ring is 1. The fraction of sp³-hybridized carbons (Fsp3) is 0.647. The van der Waals surface area contributed by atoms with Crippen LogP contribution >= 0.6 is 0 Å². The van der Waals surface area contributed by atoms with E-state index in [1.54, 1.807) is 11.0 Å². The second-order valence-corrected chi connectivity index (χ2v) is 7.59. The molecule has 2 saturated heterocycles. The molecular formula is C17H23N5O3. The molecule has 3 fully saturated rings. The molecule has 1 spiro atoms. The average Bonchev–Trinajstić information content (AvgIpc) is 3.37. The number of rotatable bonds is 3. The van der Waals surface area contributed by atoms with Crippen LogP contribution in [0.2, 0.25) is 0 Å². The Bertz CT molecular complexity index is 697. The Balaban J connectivity index is 1.46. The van der Waals surface area contributed by atoms with Gasteiger partial charge in [-0.05, 0) is 37.5 Å². The molecule has 1 saturated carbocycles. The highest BCUT2D eigenvalue weighted by Gasteiger charge is 2.51. The van der Waals surface area contributed by atoms with Gasteiger partial charge in [-0.1, -0.05) is 0 Å². The molecule has 1 amide bonds. The first kappa shape index (κ1) is 16.1. The van der Waals surface area contributed by atoms with Gasteiger partial charge in [-0.2, -0.15) is 0 Å². The number of aliphatic carboxylic acids is 1. The molecule has 2 aliphatic heterocycles. The molecule has 0 unspecified atom stereocenters. The fourth-order valence-electron chi connectivity index (χ4n) is 4.18. The predicted octanol–water partition coefficient (Wildman–Crippen LogP) is 0.741. The van der Waals surface area contributed by atoms with E-state index in [1.165, 1.54) is 6.33 Å². The van der Waals surface area contributed by atoms with Crippen molar-refractivity contribution in [2.75, 3.05) is 30.3 Å². The maximum Gasteiger partial charge on any atom is 0.326 e. The van der Waals surface area contributed by atoms with Gasteiger partial charge >= 0.3 is 5.97 Å². The van der Waals surface area contributed by atoms with Crippen LogP contribution < -0.4 is 10.6 Å². The Hall–Kier alpha value is -2.38. The number of hydrogen-bond acceptors (Lipinski definition) is 6. The highest BCUT2D eigenvalue weighted by atomic mass is 16.4. The predicted molar refractivity (Wildman–Crippen MR) is 90.8 cm³/mol. The Morgan fingerprint density at radius 1 is 1.24 bits per heavy atom. The quantitative estimate of drug-likeness (QED) is 0.831. The van der Waals surface area contributed by atoms with Gasteiger partial charge in [-0.3, -0.25) is 4.79 Å². The Morgan fingerprint density at radius 3 is 2.56 bits per heavy atom. The van der Waals surface area contributed by atoms with Gasteiger partial charge in [0.15, 0.2) is 0 Å². The van der Waals surface area contributed by atoms with Crippen molar-refractivity contribution >= 4 is 23.5 Å². The Kier molecular flexibility index (Phi) is 3.77. The van der Waals surface area contributed by atoms with Crippen LogP contribution in [-0.2, 0) is 9.59 Å². The maximum atomic E-state index is 12.5. The number of anilines is 2. The van der Waals surface area contributed by atoms with E-state index < -0.39 is 12.0 Å². The number of hydrogen-bond donors (Lipinski definition) is 2. The van der Waals surface area contributed by atoms with Crippen LogP contribution in [0.15, 0.2) is 12.4 Å². The van der Waals surface area contributed by atoms with Crippen LogP contribution in [0.5, 0.6) is 0 Å². The third-order valence-electron chi connectivity index (χ3n) is 5.82. The summed E-state index contributed by atoms with van der Waals surface area (Å²) in [5, 5.41) is 9.57. The van der Waals surface area contributed by atoms with E-state index in [2.05, 4.69) is 14.9 Å². The molecule has 1 aliphatic carbocycles. The van der Waals surface area contributed by atoms with E-state index in [9.17, 15) is 14.7 Å². The van der Waals surface area contributed by atoms with Crippen LogP contribution in [0.1, 0.15) is 32.1 Å². The normalized spacial score (nSPS) is 25.4. The number of amides is 1. The van der Waals surface area contributed by atoms with Crippen molar-refractivity contribution in [3.8, 4) is 0 Å². The lowest BCUT2D eigenvalue weighted by atomic mass is 9.76. The SMILES string of the molecule is Nc1cc(N2CCC3(CC2)C[C@H](C(=O)O)N(C(=O)C2CC2)C3)ncn1. The lowest BCUT2D eigenvalue weighted by Gasteiger charge is -2.39. The molecule has 4 rings (SSSR count). The largest absolute Gasteiger partial charge is 0.480 e. The number of nitrogens with zero attached hydrogens (tertiary/aromatic N) is 4. The number of carboxylic acid groups (broad SMARTS) is 1. The Labute approximate surface area is 146 Å². The number of piperidine rings is 1. The van der Waals surface area contributed by atoms with Crippen LogP contribution in [0.25, 0.3) is 0 Å². The minimum absolute atomic E-state index is 0.0373. The second-order valence-electron chi connectivity index (χ2n) is 7.59. The van der Waals surface area contributed by atoms with Crippen molar-refractivity contribution < 1.29 is 14.7 Å². The molecule has 8 nitrogen and oxygen atoms in total. The van der Waals surface area contributed by atoms with Gasteiger partial charge in [-0.15, -0.1) is 0 Å². The minimum atomic E-state index is -0.878. The first-order valence-electron chi connectivity index (χ1n) is 8.83. The average molecular weight is 345 g/mol. The zero-order valence-corrected chi connectivity index (χ0v) is 14.1. The number of nitrogens with two attached hydrogens (primary N) is 1. The summed E-state index contributed by atoms with van der Waals surface area (Å²) in [6.07, 6.45) is 5.53. The summed E-state index contributed by atoms with van der Waals surface area (Å²) in [7, 11) is 0. The van der Waals surface area contributed by atoms with Gasteiger partial charge in [0.2, 0.25) is 5.91 Å². The summed E-state index contributed by atoms with van der Waals surface area (Å²) in [5.74, 6) is 0.465. The van der Waals surface area contributed by atoms with Gasteiger partial charge in [-0.25, -0.2) is 14.8 Å². The van der Waals surface area contributed by atoms with Crippen molar-refractivity contribution in [1.29, 1.82) is 0 Å². The highest BCUT2D eigenvalue weighted by Crippen LogP contribution is 2.46. The number of likely N-dealkylation sites (tertiary alicyclic amines) is 1. The van der Waals surface area contributed by atoms with Gasteiger partial charge in [0.05, 0.1) is 0 Å². The molecule has 0 aromatic carbocycles. The summed E-state index contributed by atoms with van der Waals surface area (Å²) >= 11 is 0. The zero-order valence-electron chi connectivity index (χ0n) is 14.1. The molecular weight excluding hydrogens is 322 g/mol. The van der Waals surface area contributed by atoms with Crippen molar-refractivity contribution in [2.45, 2.75) is 38.1 Å². The van der Waals surface area contributed by atoms with Gasteiger partial charge in [0.1, 0.15) is 24.0 Å². The molecule has 0 radical (unpaired) electrons. The molecule has 3 aliphatic rings. The van der Waals surface area contributed by atoms with Crippen LogP contribution in [0.4, 0.5) is 11.6 Å². The second kappa shape index (κ2) is 5.86. The summed E-state index contributed by atoms with van der Waals surface area (Å²) < 4.78 is 0. The molecule has 1 aromatic heterocycles. The summed E-state index contributed by atoms with van der Waals surface area (Å²) in [4.78, 5) is 36.2. The molecule has 8 heteroatoms. The van der Waals surface area contributed by atoms with Crippen LogP contribution in [0.3, 0.4) is 0 Å². The lowest BCUT2D eigenvalue weighted by molar-refractivity contribution is -0.148. The molecule has 1 atom stereocenters. The highest BCUT2D eigenvalue weighted by molar-refractivity contribution is 5.87. The van der Waals surface area contributed by atoms with E-state index >= 15 is 0 Å². The molecule has 134 valence electrons. The summed E-state index contributed by atoms with van der Waals surface area (Å²) in [6, 6.07) is 1.09. The van der Waals surface area contributed by atoms with Crippen LogP contribution in [-0.4, -0.2) is 57.5 Å².